The summed E-state index contributed by atoms with van der Waals surface area (Å²) in [6, 6.07) is 12.2. The van der Waals surface area contributed by atoms with Gasteiger partial charge >= 0.3 is 5.97 Å². The monoisotopic (exact) mass is 386 g/mol. The van der Waals surface area contributed by atoms with Gasteiger partial charge in [-0.1, -0.05) is 40.9 Å². The van der Waals surface area contributed by atoms with E-state index >= 15 is 0 Å². The first-order valence-electron chi connectivity index (χ1n) is 7.42. The molecule has 0 bridgehead atoms. The maximum atomic E-state index is 12.1. The summed E-state index contributed by atoms with van der Waals surface area (Å²) in [5, 5.41) is 1.64. The normalized spacial score (nSPS) is 11.8. The Kier molecular flexibility index (Phi) is 7.22. The van der Waals surface area contributed by atoms with E-state index in [2.05, 4.69) is 0 Å². The number of hydrogen-bond acceptors (Lipinski definition) is 3. The summed E-state index contributed by atoms with van der Waals surface area (Å²) < 4.78 is 10.5. The number of rotatable bonds is 7. The Morgan fingerprint density at radius 3 is 2.33 bits per heavy atom. The third-order valence-corrected chi connectivity index (χ3v) is 4.36. The summed E-state index contributed by atoms with van der Waals surface area (Å²) in [5.74, 6) is -0.0437. The molecule has 0 amide bonds. The first-order chi connectivity index (χ1) is 11.5. The molecule has 3 nitrogen and oxygen atoms in total. The van der Waals surface area contributed by atoms with Crippen molar-refractivity contribution in [1.82, 2.24) is 0 Å². The number of ether oxygens (including phenoxy) is 2. The Labute approximate surface area is 156 Å². The molecule has 0 fully saturated rings. The predicted molar refractivity (Wildman–Crippen MR) is 97.4 cm³/mol. The lowest BCUT2D eigenvalue weighted by Gasteiger charge is -2.17. The molecule has 0 radical (unpaired) electrons. The van der Waals surface area contributed by atoms with Crippen LogP contribution in [0.2, 0.25) is 15.1 Å². The Bertz CT molecular complexity index is 686. The first-order valence-corrected chi connectivity index (χ1v) is 8.56. The summed E-state index contributed by atoms with van der Waals surface area (Å²) in [6.07, 6.45) is 1.23. The molecule has 0 saturated carbocycles. The van der Waals surface area contributed by atoms with Gasteiger partial charge in [-0.2, -0.15) is 0 Å². The SMILES string of the molecule is COC(=O)[C@@H](CCCOc1ccc(Cl)cc1)c1ccc(Cl)cc1Cl. The molecular weight excluding hydrogens is 371 g/mol. The molecule has 6 heteroatoms. The highest BCUT2D eigenvalue weighted by Gasteiger charge is 2.23. The van der Waals surface area contributed by atoms with Crippen molar-refractivity contribution in [3.63, 3.8) is 0 Å². The van der Waals surface area contributed by atoms with Crippen molar-refractivity contribution in [3.8, 4) is 5.75 Å². The van der Waals surface area contributed by atoms with Crippen molar-refractivity contribution in [2.75, 3.05) is 13.7 Å². The molecule has 0 saturated heterocycles. The lowest BCUT2D eigenvalue weighted by atomic mass is 9.94. The highest BCUT2D eigenvalue weighted by Crippen LogP contribution is 2.31. The fraction of sp³-hybridized carbons (Fsp3) is 0.278. The maximum Gasteiger partial charge on any atom is 0.313 e. The quantitative estimate of drug-likeness (QED) is 0.447. The average Bonchev–Trinajstić information content (AvgIpc) is 2.57. The van der Waals surface area contributed by atoms with Gasteiger partial charge in [-0.3, -0.25) is 4.79 Å². The number of carbonyl (C=O) groups is 1. The van der Waals surface area contributed by atoms with E-state index in [1.54, 1.807) is 42.5 Å². The third kappa shape index (κ3) is 5.30. The van der Waals surface area contributed by atoms with E-state index < -0.39 is 5.92 Å². The van der Waals surface area contributed by atoms with Crippen molar-refractivity contribution in [2.24, 2.45) is 0 Å². The van der Waals surface area contributed by atoms with E-state index in [4.69, 9.17) is 44.3 Å². The van der Waals surface area contributed by atoms with Crippen LogP contribution in [0, 0.1) is 0 Å². The minimum atomic E-state index is -0.450. The second-order valence-electron chi connectivity index (χ2n) is 5.19. The van der Waals surface area contributed by atoms with Gasteiger partial charge in [-0.25, -0.2) is 0 Å². The van der Waals surface area contributed by atoms with Crippen LogP contribution < -0.4 is 4.74 Å². The number of halogens is 3. The Morgan fingerprint density at radius 2 is 1.71 bits per heavy atom. The topological polar surface area (TPSA) is 35.5 Å². The van der Waals surface area contributed by atoms with Gasteiger partial charge < -0.3 is 9.47 Å². The van der Waals surface area contributed by atoms with Gasteiger partial charge in [0.05, 0.1) is 19.6 Å². The molecule has 2 aromatic carbocycles. The van der Waals surface area contributed by atoms with Crippen molar-refractivity contribution in [2.45, 2.75) is 18.8 Å². The van der Waals surface area contributed by atoms with E-state index in [1.165, 1.54) is 7.11 Å². The first kappa shape index (κ1) is 18.9. The van der Waals surface area contributed by atoms with E-state index in [0.717, 1.165) is 5.75 Å². The molecule has 1 atom stereocenters. The van der Waals surface area contributed by atoms with Gasteiger partial charge in [0.1, 0.15) is 5.75 Å². The van der Waals surface area contributed by atoms with Crippen LogP contribution in [0.4, 0.5) is 0 Å². The minimum Gasteiger partial charge on any atom is -0.494 e. The van der Waals surface area contributed by atoms with Crippen LogP contribution in [0.15, 0.2) is 42.5 Å². The molecule has 0 aromatic heterocycles. The molecule has 128 valence electrons. The van der Waals surface area contributed by atoms with E-state index in [0.29, 0.717) is 40.1 Å². The molecule has 0 N–H and O–H groups in total. The molecule has 0 aliphatic rings. The second kappa shape index (κ2) is 9.16. The van der Waals surface area contributed by atoms with E-state index in [9.17, 15) is 4.79 Å². The molecule has 24 heavy (non-hydrogen) atoms. The number of methoxy groups -OCH3 is 1. The van der Waals surface area contributed by atoms with E-state index in [1.807, 2.05) is 0 Å². The number of hydrogen-bond donors (Lipinski definition) is 0. The van der Waals surface area contributed by atoms with Gasteiger partial charge in [-0.15, -0.1) is 0 Å². The zero-order valence-electron chi connectivity index (χ0n) is 13.1. The van der Waals surface area contributed by atoms with Gasteiger partial charge in [-0.05, 0) is 54.8 Å². The number of benzene rings is 2. The maximum absolute atomic E-state index is 12.1. The predicted octanol–water partition coefficient (Wildman–Crippen LogP) is 5.76. The van der Waals surface area contributed by atoms with Crippen LogP contribution in [0.1, 0.15) is 24.3 Å². The third-order valence-electron chi connectivity index (χ3n) is 3.54. The number of esters is 1. The lowest BCUT2D eigenvalue weighted by molar-refractivity contribution is -0.142. The molecule has 0 unspecified atom stereocenters. The zero-order valence-corrected chi connectivity index (χ0v) is 15.4. The van der Waals surface area contributed by atoms with Gasteiger partial charge in [0.15, 0.2) is 0 Å². The van der Waals surface area contributed by atoms with Crippen LogP contribution in [0.5, 0.6) is 5.75 Å². The fourth-order valence-electron chi connectivity index (χ4n) is 2.33. The Morgan fingerprint density at radius 1 is 1.04 bits per heavy atom. The molecule has 2 rings (SSSR count). The molecule has 0 heterocycles. The molecule has 0 aliphatic carbocycles. The molecule has 0 spiro atoms. The Hall–Kier alpha value is -1.42. The van der Waals surface area contributed by atoms with Crippen LogP contribution in [0.3, 0.4) is 0 Å². The summed E-state index contributed by atoms with van der Waals surface area (Å²) in [4.78, 5) is 12.1. The summed E-state index contributed by atoms with van der Waals surface area (Å²) in [7, 11) is 1.36. The molecule has 0 aliphatic heterocycles. The van der Waals surface area contributed by atoms with Gasteiger partial charge in [0.25, 0.3) is 0 Å². The average molecular weight is 388 g/mol. The summed E-state index contributed by atoms with van der Waals surface area (Å²) in [5.41, 5.74) is 0.708. The van der Waals surface area contributed by atoms with E-state index in [-0.39, 0.29) is 5.97 Å². The summed E-state index contributed by atoms with van der Waals surface area (Å²) >= 11 is 18.0. The zero-order chi connectivity index (χ0) is 17.5. The van der Waals surface area contributed by atoms with Crippen molar-refractivity contribution >= 4 is 40.8 Å². The van der Waals surface area contributed by atoms with Crippen LogP contribution in [0.25, 0.3) is 0 Å². The summed E-state index contributed by atoms with van der Waals surface area (Å²) in [6.45, 7) is 0.473. The Balaban J connectivity index is 1.96. The second-order valence-corrected chi connectivity index (χ2v) is 6.47. The van der Waals surface area contributed by atoms with Crippen LogP contribution in [-0.2, 0) is 9.53 Å². The van der Waals surface area contributed by atoms with Gasteiger partial charge in [0.2, 0.25) is 0 Å². The highest BCUT2D eigenvalue weighted by molar-refractivity contribution is 6.35. The van der Waals surface area contributed by atoms with Crippen molar-refractivity contribution < 1.29 is 14.3 Å². The van der Waals surface area contributed by atoms with Gasteiger partial charge in [0, 0.05) is 15.1 Å². The number of carbonyl (C=O) groups excluding carboxylic acids is 1. The lowest BCUT2D eigenvalue weighted by Crippen LogP contribution is -2.16. The molecular formula is C18H17Cl3O3. The fourth-order valence-corrected chi connectivity index (χ4v) is 3.00. The van der Waals surface area contributed by atoms with Crippen LogP contribution >= 0.6 is 34.8 Å². The highest BCUT2D eigenvalue weighted by atomic mass is 35.5. The smallest absolute Gasteiger partial charge is 0.313 e. The largest absolute Gasteiger partial charge is 0.494 e. The minimum absolute atomic E-state index is 0.328. The molecule has 2 aromatic rings. The van der Waals surface area contributed by atoms with Crippen LogP contribution in [-0.4, -0.2) is 19.7 Å². The van der Waals surface area contributed by atoms with Crippen molar-refractivity contribution in [3.05, 3.63) is 63.1 Å². The van der Waals surface area contributed by atoms with Crippen molar-refractivity contribution in [1.29, 1.82) is 0 Å². The standard InChI is InChI=1S/C18H17Cl3O3/c1-23-18(22)16(15-9-6-13(20)11-17(15)21)3-2-10-24-14-7-4-12(19)5-8-14/h4-9,11,16H,2-3,10H2,1H3/t16-/m0/s1.